The van der Waals surface area contributed by atoms with Crippen LogP contribution in [0.4, 0.5) is 5.69 Å². The predicted molar refractivity (Wildman–Crippen MR) is 78.5 cm³/mol. The van der Waals surface area contributed by atoms with Gasteiger partial charge in [-0.2, -0.15) is 0 Å². The van der Waals surface area contributed by atoms with Gasteiger partial charge in [-0.25, -0.2) is 0 Å². The molecule has 0 aliphatic rings. The van der Waals surface area contributed by atoms with E-state index in [4.69, 9.17) is 4.42 Å². The van der Waals surface area contributed by atoms with E-state index < -0.39 is 0 Å². The Morgan fingerprint density at radius 3 is 2.75 bits per heavy atom. The van der Waals surface area contributed by atoms with Gasteiger partial charge in [0.15, 0.2) is 12.3 Å². The molecule has 2 aromatic rings. The van der Waals surface area contributed by atoms with E-state index in [1.807, 2.05) is 49.5 Å². The van der Waals surface area contributed by atoms with Gasteiger partial charge >= 0.3 is 0 Å². The van der Waals surface area contributed by atoms with Crippen LogP contribution < -0.4 is 10.6 Å². The Morgan fingerprint density at radius 1 is 1.30 bits per heavy atom. The number of amides is 1. The zero-order valence-corrected chi connectivity index (χ0v) is 12.1. The number of quaternary nitrogens is 1. The topological polar surface area (TPSA) is 58.9 Å². The average molecular weight is 273 g/mol. The molecule has 106 valence electrons. The van der Waals surface area contributed by atoms with Crippen molar-refractivity contribution in [1.82, 2.24) is 0 Å². The Bertz CT molecular complexity index is 576. The summed E-state index contributed by atoms with van der Waals surface area (Å²) < 4.78 is 5.31. The van der Waals surface area contributed by atoms with E-state index in [1.165, 1.54) is 11.1 Å². The van der Waals surface area contributed by atoms with Gasteiger partial charge in [0, 0.05) is 5.69 Å². The van der Waals surface area contributed by atoms with Crippen LogP contribution >= 0.6 is 0 Å². The Kier molecular flexibility index (Phi) is 4.58. The quantitative estimate of drug-likeness (QED) is 0.877. The number of carbonyl (C=O) groups excluding carboxylic acids is 1. The van der Waals surface area contributed by atoms with Crippen LogP contribution in [-0.4, -0.2) is 12.5 Å². The number of rotatable bonds is 5. The molecule has 1 aromatic heterocycles. The standard InChI is InChI=1S/C16H20N2O2/c1-11-6-7-14(9-12(11)2)18-16(19)10-17-13(3)15-5-4-8-20-15/h4-9,13,17H,10H2,1-3H3,(H,18,19)/p+1/t13-/m1/s1. The van der Waals surface area contributed by atoms with Gasteiger partial charge < -0.3 is 15.1 Å². The summed E-state index contributed by atoms with van der Waals surface area (Å²) in [6.45, 7) is 6.48. The molecular weight excluding hydrogens is 252 g/mol. The smallest absolute Gasteiger partial charge is 0.279 e. The van der Waals surface area contributed by atoms with E-state index in [9.17, 15) is 4.79 Å². The number of hydrogen-bond donors (Lipinski definition) is 2. The number of furan rings is 1. The number of nitrogens with two attached hydrogens (primary N) is 1. The molecule has 1 heterocycles. The summed E-state index contributed by atoms with van der Waals surface area (Å²) in [5.41, 5.74) is 3.24. The fourth-order valence-corrected chi connectivity index (χ4v) is 1.98. The Morgan fingerprint density at radius 2 is 2.10 bits per heavy atom. The largest absolute Gasteiger partial charge is 0.463 e. The second kappa shape index (κ2) is 6.39. The number of nitrogens with one attached hydrogen (secondary N) is 1. The molecule has 0 bridgehead atoms. The third-order valence-corrected chi connectivity index (χ3v) is 3.44. The van der Waals surface area contributed by atoms with Crippen molar-refractivity contribution in [3.63, 3.8) is 0 Å². The number of benzene rings is 1. The average Bonchev–Trinajstić information content (AvgIpc) is 2.94. The monoisotopic (exact) mass is 273 g/mol. The zero-order chi connectivity index (χ0) is 14.5. The van der Waals surface area contributed by atoms with Gasteiger partial charge in [-0.1, -0.05) is 6.07 Å². The Balaban J connectivity index is 1.85. The van der Waals surface area contributed by atoms with Gasteiger partial charge in [-0.3, -0.25) is 4.79 Å². The first-order valence-electron chi connectivity index (χ1n) is 6.80. The molecule has 0 fully saturated rings. The van der Waals surface area contributed by atoms with Crippen LogP contribution in [0.15, 0.2) is 41.0 Å². The van der Waals surface area contributed by atoms with Gasteiger partial charge in [-0.15, -0.1) is 0 Å². The van der Waals surface area contributed by atoms with E-state index in [-0.39, 0.29) is 11.9 Å². The highest BCUT2D eigenvalue weighted by atomic mass is 16.3. The van der Waals surface area contributed by atoms with Gasteiger partial charge in [0.1, 0.15) is 6.04 Å². The highest BCUT2D eigenvalue weighted by Crippen LogP contribution is 2.13. The van der Waals surface area contributed by atoms with Crippen molar-refractivity contribution in [3.05, 3.63) is 53.5 Å². The summed E-state index contributed by atoms with van der Waals surface area (Å²) in [5.74, 6) is 0.871. The molecule has 0 unspecified atom stereocenters. The summed E-state index contributed by atoms with van der Waals surface area (Å²) in [6.07, 6.45) is 1.65. The fourth-order valence-electron chi connectivity index (χ4n) is 1.98. The van der Waals surface area contributed by atoms with Crippen LogP contribution in [0.5, 0.6) is 0 Å². The molecular formula is C16H21N2O2+. The summed E-state index contributed by atoms with van der Waals surface area (Å²) in [6, 6.07) is 9.84. The summed E-state index contributed by atoms with van der Waals surface area (Å²) in [5, 5.41) is 4.86. The van der Waals surface area contributed by atoms with Crippen LogP contribution in [0.3, 0.4) is 0 Å². The van der Waals surface area contributed by atoms with Gasteiger partial charge in [0.05, 0.1) is 6.26 Å². The van der Waals surface area contributed by atoms with Crippen molar-refractivity contribution >= 4 is 11.6 Å². The molecule has 1 atom stereocenters. The molecule has 0 saturated heterocycles. The lowest BCUT2D eigenvalue weighted by Gasteiger charge is -2.09. The third-order valence-electron chi connectivity index (χ3n) is 3.44. The molecule has 0 aliphatic carbocycles. The Hall–Kier alpha value is -2.07. The molecule has 0 saturated carbocycles. The van der Waals surface area contributed by atoms with Crippen molar-refractivity contribution in [2.24, 2.45) is 0 Å². The second-order valence-corrected chi connectivity index (χ2v) is 5.09. The van der Waals surface area contributed by atoms with Crippen LogP contribution in [0, 0.1) is 13.8 Å². The highest BCUT2D eigenvalue weighted by Gasteiger charge is 2.13. The number of aryl methyl sites for hydroxylation is 2. The lowest BCUT2D eigenvalue weighted by atomic mass is 10.1. The van der Waals surface area contributed by atoms with Crippen molar-refractivity contribution in [3.8, 4) is 0 Å². The minimum absolute atomic E-state index is 0.00772. The van der Waals surface area contributed by atoms with E-state index in [0.29, 0.717) is 6.54 Å². The van der Waals surface area contributed by atoms with Crippen molar-refractivity contribution in [2.45, 2.75) is 26.8 Å². The first-order valence-corrected chi connectivity index (χ1v) is 6.80. The third kappa shape index (κ3) is 3.71. The molecule has 3 N–H and O–H groups in total. The maximum Gasteiger partial charge on any atom is 0.279 e. The number of hydrogen-bond acceptors (Lipinski definition) is 2. The summed E-state index contributed by atoms with van der Waals surface area (Å²) >= 11 is 0. The van der Waals surface area contributed by atoms with Crippen LogP contribution in [0.2, 0.25) is 0 Å². The van der Waals surface area contributed by atoms with Crippen LogP contribution in [-0.2, 0) is 4.79 Å². The van der Waals surface area contributed by atoms with Crippen LogP contribution in [0.1, 0.15) is 29.9 Å². The lowest BCUT2D eigenvalue weighted by Crippen LogP contribution is -2.86. The van der Waals surface area contributed by atoms with Crippen molar-refractivity contribution in [2.75, 3.05) is 11.9 Å². The van der Waals surface area contributed by atoms with Crippen molar-refractivity contribution < 1.29 is 14.5 Å². The number of anilines is 1. The minimum atomic E-state index is -0.00772. The second-order valence-electron chi connectivity index (χ2n) is 5.09. The summed E-state index contributed by atoms with van der Waals surface area (Å²) in [4.78, 5) is 11.9. The molecule has 4 heteroatoms. The van der Waals surface area contributed by atoms with E-state index >= 15 is 0 Å². The van der Waals surface area contributed by atoms with E-state index in [0.717, 1.165) is 11.4 Å². The first kappa shape index (κ1) is 14.3. The fraction of sp³-hybridized carbons (Fsp3) is 0.312. The summed E-state index contributed by atoms with van der Waals surface area (Å²) in [7, 11) is 0. The van der Waals surface area contributed by atoms with E-state index in [2.05, 4.69) is 12.2 Å². The van der Waals surface area contributed by atoms with Crippen LogP contribution in [0.25, 0.3) is 0 Å². The molecule has 0 spiro atoms. The predicted octanol–water partition coefficient (Wildman–Crippen LogP) is 2.16. The first-order chi connectivity index (χ1) is 9.56. The number of carbonyl (C=O) groups is 1. The van der Waals surface area contributed by atoms with Gasteiger partial charge in [-0.05, 0) is 56.2 Å². The normalized spacial score (nSPS) is 12.2. The molecule has 20 heavy (non-hydrogen) atoms. The maximum absolute atomic E-state index is 11.9. The molecule has 2 rings (SSSR count). The minimum Gasteiger partial charge on any atom is -0.463 e. The molecule has 0 aliphatic heterocycles. The zero-order valence-electron chi connectivity index (χ0n) is 12.1. The Labute approximate surface area is 119 Å². The highest BCUT2D eigenvalue weighted by molar-refractivity contribution is 5.91. The maximum atomic E-state index is 11.9. The van der Waals surface area contributed by atoms with Gasteiger partial charge in [0.2, 0.25) is 0 Å². The van der Waals surface area contributed by atoms with Gasteiger partial charge in [0.25, 0.3) is 5.91 Å². The lowest BCUT2D eigenvalue weighted by molar-refractivity contribution is -0.684. The molecule has 1 amide bonds. The molecule has 1 aromatic carbocycles. The van der Waals surface area contributed by atoms with E-state index in [1.54, 1.807) is 6.26 Å². The molecule has 0 radical (unpaired) electrons. The molecule has 4 nitrogen and oxygen atoms in total. The SMILES string of the molecule is Cc1ccc(NC(=O)C[NH2+][C@H](C)c2ccco2)cc1C. The van der Waals surface area contributed by atoms with Crippen molar-refractivity contribution in [1.29, 1.82) is 0 Å².